The molecule has 4 aromatic rings. The van der Waals surface area contributed by atoms with Crippen LogP contribution in [0.5, 0.6) is 0 Å². The number of para-hydroxylation sites is 1. The fraction of sp³-hybridized carbons (Fsp3) is 0.200. The van der Waals surface area contributed by atoms with Crippen molar-refractivity contribution in [2.45, 2.75) is 13.5 Å². The first-order valence-corrected chi connectivity index (χ1v) is 13.5. The Kier molecular flexibility index (Phi) is 8.32. The van der Waals surface area contributed by atoms with Crippen molar-refractivity contribution >= 4 is 46.7 Å². The molecule has 9 nitrogen and oxygen atoms in total. The van der Waals surface area contributed by atoms with Crippen LogP contribution in [0.1, 0.15) is 21.5 Å². The van der Waals surface area contributed by atoms with E-state index in [9.17, 15) is 18.4 Å². The van der Waals surface area contributed by atoms with Crippen LogP contribution in [0.2, 0.25) is 5.02 Å². The van der Waals surface area contributed by atoms with Crippen molar-refractivity contribution in [1.82, 2.24) is 20.2 Å². The molecular weight excluding hydrogens is 564 g/mol. The summed E-state index contributed by atoms with van der Waals surface area (Å²) in [5.41, 5.74) is 2.62. The highest BCUT2D eigenvalue weighted by Gasteiger charge is 2.34. The molecule has 1 aliphatic rings. The van der Waals surface area contributed by atoms with Crippen LogP contribution in [0, 0.1) is 18.6 Å². The predicted molar refractivity (Wildman–Crippen MR) is 159 cm³/mol. The van der Waals surface area contributed by atoms with E-state index in [1.54, 1.807) is 42.5 Å². The third kappa shape index (κ3) is 6.02. The molecule has 3 N–H and O–H groups in total. The number of nitrogens with zero attached hydrogens (tertiary/aromatic N) is 4. The number of aryl methyl sites for hydroxylation is 1. The second-order valence-corrected chi connectivity index (χ2v) is 10.4. The molecule has 216 valence electrons. The number of hydrogen-bond acceptors (Lipinski definition) is 6. The normalized spacial score (nSPS) is 12.6. The summed E-state index contributed by atoms with van der Waals surface area (Å²) in [6, 6.07) is 14.5. The van der Waals surface area contributed by atoms with Gasteiger partial charge in [-0.25, -0.2) is 23.5 Å². The quantitative estimate of drug-likeness (QED) is 0.233. The Morgan fingerprint density at radius 2 is 1.79 bits per heavy atom. The number of halogens is 3. The van der Waals surface area contributed by atoms with Crippen LogP contribution in [0.3, 0.4) is 0 Å². The summed E-state index contributed by atoms with van der Waals surface area (Å²) in [4.78, 5) is 38.4. The maximum absolute atomic E-state index is 14.9. The van der Waals surface area contributed by atoms with E-state index in [0.717, 1.165) is 22.6 Å². The fourth-order valence-electron chi connectivity index (χ4n) is 4.52. The molecule has 0 atom stereocenters. The predicted octanol–water partition coefficient (Wildman–Crippen LogP) is 5.97. The van der Waals surface area contributed by atoms with Gasteiger partial charge in [-0.2, -0.15) is 4.98 Å². The lowest BCUT2D eigenvalue weighted by molar-refractivity contribution is 0.102. The van der Waals surface area contributed by atoms with E-state index in [4.69, 9.17) is 16.6 Å². The van der Waals surface area contributed by atoms with Crippen molar-refractivity contribution in [3.63, 3.8) is 0 Å². The Morgan fingerprint density at radius 3 is 2.48 bits per heavy atom. The summed E-state index contributed by atoms with van der Waals surface area (Å²) in [5, 5.41) is 9.22. The molecule has 0 aliphatic carbocycles. The highest BCUT2D eigenvalue weighted by atomic mass is 35.5. The van der Waals surface area contributed by atoms with Gasteiger partial charge in [0.25, 0.3) is 5.91 Å². The maximum Gasteiger partial charge on any atom is 0.328 e. The van der Waals surface area contributed by atoms with Gasteiger partial charge in [0.05, 0.1) is 12.2 Å². The molecule has 3 amide bonds. The third-order valence-corrected chi connectivity index (χ3v) is 6.93. The van der Waals surface area contributed by atoms with Crippen LogP contribution in [0.15, 0.2) is 60.7 Å². The molecule has 2 heterocycles. The summed E-state index contributed by atoms with van der Waals surface area (Å²) in [5.74, 6) is -1.99. The highest BCUT2D eigenvalue weighted by molar-refractivity contribution is 6.30. The Hall–Kier alpha value is -4.61. The lowest BCUT2D eigenvalue weighted by atomic mass is 9.97. The zero-order chi connectivity index (χ0) is 30.0. The number of carbonyl (C=O) groups is 2. The van der Waals surface area contributed by atoms with Crippen LogP contribution in [-0.4, -0.2) is 54.0 Å². The number of rotatable bonds is 8. The minimum absolute atomic E-state index is 0.00862. The Bertz CT molecular complexity index is 1640. The molecule has 42 heavy (non-hydrogen) atoms. The molecule has 0 saturated carbocycles. The van der Waals surface area contributed by atoms with Crippen molar-refractivity contribution in [3.8, 4) is 11.3 Å². The van der Waals surface area contributed by atoms with E-state index >= 15 is 0 Å². The topological polar surface area (TPSA) is 102 Å². The smallest absolute Gasteiger partial charge is 0.328 e. The molecule has 0 saturated heterocycles. The Balaban J connectivity index is 1.63. The fourth-order valence-corrected chi connectivity index (χ4v) is 4.64. The minimum atomic E-state index is -0.919. The zero-order valence-electron chi connectivity index (χ0n) is 23.1. The van der Waals surface area contributed by atoms with Crippen LogP contribution in [0.25, 0.3) is 11.3 Å². The van der Waals surface area contributed by atoms with Crippen molar-refractivity contribution in [1.29, 1.82) is 0 Å². The van der Waals surface area contributed by atoms with E-state index in [1.165, 1.54) is 6.07 Å². The number of anilines is 4. The molecule has 3 aromatic carbocycles. The van der Waals surface area contributed by atoms with Crippen LogP contribution < -0.4 is 20.9 Å². The van der Waals surface area contributed by atoms with Gasteiger partial charge in [0.1, 0.15) is 17.3 Å². The zero-order valence-corrected chi connectivity index (χ0v) is 23.9. The van der Waals surface area contributed by atoms with E-state index in [0.29, 0.717) is 46.2 Å². The largest absolute Gasteiger partial charge is 0.353 e. The van der Waals surface area contributed by atoms with Gasteiger partial charge in [-0.15, -0.1) is 0 Å². The number of nitrogens with one attached hydrogen (secondary N) is 3. The van der Waals surface area contributed by atoms with Gasteiger partial charge < -0.3 is 20.9 Å². The van der Waals surface area contributed by atoms with Crippen LogP contribution in [-0.2, 0) is 6.54 Å². The van der Waals surface area contributed by atoms with E-state index in [2.05, 4.69) is 20.9 Å². The monoisotopic (exact) mass is 591 g/mol. The lowest BCUT2D eigenvalue weighted by Crippen LogP contribution is -2.43. The SMILES string of the molecule is Cc1ccc(C(=O)Nc2ccc(Cl)cc2)cc1-c1nc(NCCN(C)C)nc2c1CNC(=O)N2c1c(F)cccc1F. The Labute approximate surface area is 246 Å². The van der Waals surface area contributed by atoms with Crippen molar-refractivity contribution < 1.29 is 18.4 Å². The molecular formula is C30H28ClF2N7O2. The van der Waals surface area contributed by atoms with Gasteiger partial charge in [-0.1, -0.05) is 23.7 Å². The molecule has 1 aliphatic heterocycles. The molecule has 1 aromatic heterocycles. The molecule has 12 heteroatoms. The van der Waals surface area contributed by atoms with E-state index < -0.39 is 23.4 Å². The number of carbonyl (C=O) groups excluding carboxylic acids is 2. The van der Waals surface area contributed by atoms with Crippen molar-refractivity contribution in [2.75, 3.05) is 42.7 Å². The summed E-state index contributed by atoms with van der Waals surface area (Å²) < 4.78 is 29.9. The van der Waals surface area contributed by atoms with Crippen LogP contribution >= 0.6 is 11.6 Å². The van der Waals surface area contributed by atoms with Crippen molar-refractivity contribution in [3.05, 3.63) is 94.0 Å². The van der Waals surface area contributed by atoms with Crippen LogP contribution in [0.4, 0.5) is 36.7 Å². The second-order valence-electron chi connectivity index (χ2n) is 9.98. The summed E-state index contributed by atoms with van der Waals surface area (Å²) >= 11 is 5.96. The number of likely N-dealkylation sites (N-methyl/N-ethyl adjacent to an activating group) is 1. The van der Waals surface area contributed by atoms with Gasteiger partial charge in [0, 0.05) is 40.5 Å². The highest BCUT2D eigenvalue weighted by Crippen LogP contribution is 2.39. The third-order valence-electron chi connectivity index (χ3n) is 6.68. The Morgan fingerprint density at radius 1 is 1.07 bits per heavy atom. The number of aromatic nitrogens is 2. The molecule has 0 unspecified atom stereocenters. The minimum Gasteiger partial charge on any atom is -0.353 e. The lowest BCUT2D eigenvalue weighted by Gasteiger charge is -2.31. The first-order chi connectivity index (χ1) is 20.1. The molecule has 0 radical (unpaired) electrons. The van der Waals surface area contributed by atoms with Gasteiger partial charge in [-0.3, -0.25) is 4.79 Å². The summed E-state index contributed by atoms with van der Waals surface area (Å²) in [7, 11) is 3.83. The standard InChI is InChI=1S/C30H28ClF2N7O2/c1-17-7-8-18(28(41)36-20-11-9-19(31)10-12-20)15-21(17)25-22-16-35-30(42)40(26-23(32)5-4-6-24(26)33)27(22)38-29(37-25)34-13-14-39(2)3/h4-12,15H,13-14,16H2,1-3H3,(H,35,42)(H,36,41)(H,34,37,38). The summed E-state index contributed by atoms with van der Waals surface area (Å²) in [6.07, 6.45) is 0. The molecule has 0 spiro atoms. The molecule has 5 rings (SSSR count). The van der Waals surface area contributed by atoms with Gasteiger partial charge >= 0.3 is 6.03 Å². The van der Waals surface area contributed by atoms with E-state index in [-0.39, 0.29) is 24.2 Å². The average molecular weight is 592 g/mol. The molecule has 0 bridgehead atoms. The number of urea groups is 1. The number of amides is 3. The summed E-state index contributed by atoms with van der Waals surface area (Å²) in [6.45, 7) is 2.99. The number of hydrogen-bond donors (Lipinski definition) is 3. The van der Waals surface area contributed by atoms with Gasteiger partial charge in [0.15, 0.2) is 5.82 Å². The van der Waals surface area contributed by atoms with E-state index in [1.807, 2.05) is 25.9 Å². The first-order valence-electron chi connectivity index (χ1n) is 13.1. The molecule has 0 fully saturated rings. The first kappa shape index (κ1) is 28.9. The average Bonchev–Trinajstić information content (AvgIpc) is 2.95. The van der Waals surface area contributed by atoms with Gasteiger partial charge in [0.2, 0.25) is 5.95 Å². The maximum atomic E-state index is 14.9. The number of fused-ring (bicyclic) bond motifs is 1. The van der Waals surface area contributed by atoms with Gasteiger partial charge in [-0.05, 0) is 75.1 Å². The number of benzene rings is 3. The second kappa shape index (κ2) is 12.1. The van der Waals surface area contributed by atoms with Crippen molar-refractivity contribution in [2.24, 2.45) is 0 Å².